The first kappa shape index (κ1) is 20.3. The maximum atomic E-state index is 12.6. The molecule has 0 atom stereocenters. The third-order valence-corrected chi connectivity index (χ3v) is 5.72. The molecule has 3 rings (SSSR count). The highest BCUT2D eigenvalue weighted by molar-refractivity contribution is 7.92. The first-order valence-corrected chi connectivity index (χ1v) is 10.4. The van der Waals surface area contributed by atoms with Gasteiger partial charge in [-0.15, -0.1) is 0 Å². The van der Waals surface area contributed by atoms with Crippen LogP contribution >= 0.6 is 0 Å². The molecule has 0 bridgehead atoms. The summed E-state index contributed by atoms with van der Waals surface area (Å²) in [5.74, 6) is -0.502. The van der Waals surface area contributed by atoms with Gasteiger partial charge in [0.1, 0.15) is 0 Å². The number of amides is 1. The Kier molecular flexibility index (Phi) is 5.79. The summed E-state index contributed by atoms with van der Waals surface area (Å²) in [6.07, 6.45) is 0. The number of sulfonamides is 1. The molecule has 0 heterocycles. The number of carbonyl (C=O) groups is 2. The smallest absolute Gasteiger partial charge is 0.261 e. The Labute approximate surface area is 169 Å². The standard InChI is InChI=1S/C22H20N2O4S/c1-15-6-3-4-9-21(15)24-29(27,28)20-12-10-17(11-13-20)22(26)23-19-8-5-7-18(14-19)16(2)25/h3-14,24H,1-2H3,(H,23,26). The van der Waals surface area contributed by atoms with Gasteiger partial charge in [0.2, 0.25) is 0 Å². The molecule has 29 heavy (non-hydrogen) atoms. The molecule has 3 aromatic rings. The highest BCUT2D eigenvalue weighted by Gasteiger charge is 2.16. The monoisotopic (exact) mass is 408 g/mol. The van der Waals surface area contributed by atoms with Gasteiger partial charge in [-0.2, -0.15) is 0 Å². The summed E-state index contributed by atoms with van der Waals surface area (Å²) in [5, 5.41) is 2.70. The Bertz CT molecular complexity index is 1170. The van der Waals surface area contributed by atoms with Crippen LogP contribution in [0.5, 0.6) is 0 Å². The Morgan fingerprint density at radius 3 is 2.17 bits per heavy atom. The van der Waals surface area contributed by atoms with Crippen LogP contribution in [0.4, 0.5) is 11.4 Å². The maximum absolute atomic E-state index is 12.6. The lowest BCUT2D eigenvalue weighted by Crippen LogP contribution is -2.15. The van der Waals surface area contributed by atoms with E-state index in [9.17, 15) is 18.0 Å². The van der Waals surface area contributed by atoms with Gasteiger partial charge in [0.05, 0.1) is 10.6 Å². The molecule has 6 nitrogen and oxygen atoms in total. The molecule has 1 amide bonds. The number of nitrogens with one attached hydrogen (secondary N) is 2. The second-order valence-corrected chi connectivity index (χ2v) is 8.22. The molecule has 0 aromatic heterocycles. The van der Waals surface area contributed by atoms with Gasteiger partial charge in [0.25, 0.3) is 15.9 Å². The lowest BCUT2D eigenvalue weighted by atomic mass is 10.1. The molecule has 2 N–H and O–H groups in total. The third kappa shape index (κ3) is 4.89. The fourth-order valence-corrected chi connectivity index (χ4v) is 3.83. The molecule has 3 aromatic carbocycles. The SMILES string of the molecule is CC(=O)c1cccc(NC(=O)c2ccc(S(=O)(=O)Nc3ccccc3C)cc2)c1. The van der Waals surface area contributed by atoms with E-state index in [4.69, 9.17) is 0 Å². The van der Waals surface area contributed by atoms with E-state index in [0.717, 1.165) is 5.56 Å². The highest BCUT2D eigenvalue weighted by Crippen LogP contribution is 2.20. The summed E-state index contributed by atoms with van der Waals surface area (Å²) in [5.41, 5.74) is 2.58. The van der Waals surface area contributed by atoms with Crippen LogP contribution in [0.2, 0.25) is 0 Å². The lowest BCUT2D eigenvalue weighted by molar-refractivity contribution is 0.101. The third-order valence-electron chi connectivity index (χ3n) is 4.34. The molecule has 0 saturated heterocycles. The highest BCUT2D eigenvalue weighted by atomic mass is 32.2. The predicted molar refractivity (Wildman–Crippen MR) is 113 cm³/mol. The predicted octanol–water partition coefficient (Wildman–Crippen LogP) is 4.25. The molecule has 0 saturated carbocycles. The van der Waals surface area contributed by atoms with Crippen molar-refractivity contribution in [3.05, 3.63) is 89.5 Å². The van der Waals surface area contributed by atoms with Crippen molar-refractivity contribution in [1.82, 2.24) is 0 Å². The van der Waals surface area contributed by atoms with Crippen LogP contribution in [0.3, 0.4) is 0 Å². The zero-order valence-corrected chi connectivity index (χ0v) is 16.8. The molecule has 0 spiro atoms. The number of benzene rings is 3. The van der Waals surface area contributed by atoms with Crippen molar-refractivity contribution in [2.24, 2.45) is 0 Å². The van der Waals surface area contributed by atoms with Crippen LogP contribution in [0.15, 0.2) is 77.7 Å². The number of hydrogen-bond donors (Lipinski definition) is 2. The van der Waals surface area contributed by atoms with Gasteiger partial charge < -0.3 is 5.32 Å². The van der Waals surface area contributed by atoms with Crippen molar-refractivity contribution < 1.29 is 18.0 Å². The van der Waals surface area contributed by atoms with Gasteiger partial charge in [-0.05, 0) is 61.9 Å². The maximum Gasteiger partial charge on any atom is 0.261 e. The van der Waals surface area contributed by atoms with Crippen LogP contribution in [0, 0.1) is 6.92 Å². The quantitative estimate of drug-likeness (QED) is 0.597. The number of hydrogen-bond acceptors (Lipinski definition) is 4. The molecule has 0 fully saturated rings. The molecule has 0 aliphatic rings. The van der Waals surface area contributed by atoms with E-state index < -0.39 is 15.9 Å². The van der Waals surface area contributed by atoms with E-state index in [0.29, 0.717) is 22.5 Å². The van der Waals surface area contributed by atoms with Crippen molar-refractivity contribution in [2.45, 2.75) is 18.7 Å². The number of ketones is 1. The van der Waals surface area contributed by atoms with Crippen molar-refractivity contribution >= 4 is 33.1 Å². The van der Waals surface area contributed by atoms with Crippen LogP contribution < -0.4 is 10.0 Å². The van der Waals surface area contributed by atoms with E-state index in [1.165, 1.54) is 31.2 Å². The summed E-state index contributed by atoms with van der Waals surface area (Å²) < 4.78 is 27.7. The van der Waals surface area contributed by atoms with E-state index in [1.807, 2.05) is 19.1 Å². The first-order valence-electron chi connectivity index (χ1n) is 8.87. The minimum Gasteiger partial charge on any atom is -0.322 e. The van der Waals surface area contributed by atoms with Gasteiger partial charge in [-0.3, -0.25) is 14.3 Å². The second-order valence-electron chi connectivity index (χ2n) is 6.54. The first-order chi connectivity index (χ1) is 13.8. The van der Waals surface area contributed by atoms with Crippen LogP contribution in [0.25, 0.3) is 0 Å². The topological polar surface area (TPSA) is 92.3 Å². The lowest BCUT2D eigenvalue weighted by Gasteiger charge is -2.11. The second kappa shape index (κ2) is 8.28. The summed E-state index contributed by atoms with van der Waals surface area (Å²) >= 11 is 0. The van der Waals surface area contributed by atoms with Gasteiger partial charge in [0.15, 0.2) is 5.78 Å². The van der Waals surface area contributed by atoms with Crippen molar-refractivity contribution in [2.75, 3.05) is 10.0 Å². The normalized spacial score (nSPS) is 11.0. The zero-order valence-electron chi connectivity index (χ0n) is 16.0. The number of carbonyl (C=O) groups excluding carboxylic acids is 2. The molecule has 148 valence electrons. The fourth-order valence-electron chi connectivity index (χ4n) is 2.70. The van der Waals surface area contributed by atoms with Gasteiger partial charge >= 0.3 is 0 Å². The fraction of sp³-hybridized carbons (Fsp3) is 0.0909. The molecule has 0 aliphatic heterocycles. The Morgan fingerprint density at radius 1 is 0.828 bits per heavy atom. The Balaban J connectivity index is 1.75. The van der Waals surface area contributed by atoms with Crippen LogP contribution in [-0.2, 0) is 10.0 Å². The largest absolute Gasteiger partial charge is 0.322 e. The molecule has 0 unspecified atom stereocenters. The minimum atomic E-state index is -3.77. The van der Waals surface area contributed by atoms with E-state index >= 15 is 0 Å². The van der Waals surface area contributed by atoms with E-state index in [-0.39, 0.29) is 10.7 Å². The minimum absolute atomic E-state index is 0.0517. The summed E-state index contributed by atoms with van der Waals surface area (Å²) in [4.78, 5) is 23.9. The molecular weight excluding hydrogens is 388 g/mol. The summed E-state index contributed by atoms with van der Waals surface area (Å²) in [7, 11) is -3.77. The van der Waals surface area contributed by atoms with Crippen LogP contribution in [0.1, 0.15) is 33.2 Å². The van der Waals surface area contributed by atoms with E-state index in [1.54, 1.807) is 36.4 Å². The number of aryl methyl sites for hydroxylation is 1. The molecule has 0 radical (unpaired) electrons. The zero-order chi connectivity index (χ0) is 21.0. The molecule has 7 heteroatoms. The molecular formula is C22H20N2O4S. The number of para-hydroxylation sites is 1. The van der Waals surface area contributed by atoms with Gasteiger partial charge in [-0.1, -0.05) is 30.3 Å². The van der Waals surface area contributed by atoms with Crippen molar-refractivity contribution in [3.8, 4) is 0 Å². The van der Waals surface area contributed by atoms with Gasteiger partial charge in [-0.25, -0.2) is 8.42 Å². The summed E-state index contributed by atoms with van der Waals surface area (Å²) in [6.45, 7) is 3.26. The van der Waals surface area contributed by atoms with Crippen molar-refractivity contribution in [1.29, 1.82) is 0 Å². The average Bonchev–Trinajstić information content (AvgIpc) is 2.70. The van der Waals surface area contributed by atoms with Crippen LogP contribution in [-0.4, -0.2) is 20.1 Å². The summed E-state index contributed by atoms with van der Waals surface area (Å²) in [6, 6.07) is 19.3. The average molecular weight is 408 g/mol. The Hall–Kier alpha value is -3.45. The number of rotatable bonds is 6. The number of Topliss-reactive ketones (excluding diaryl/α,β-unsaturated/α-hetero) is 1. The van der Waals surface area contributed by atoms with Gasteiger partial charge in [0, 0.05) is 16.8 Å². The molecule has 0 aliphatic carbocycles. The number of anilines is 2. The van der Waals surface area contributed by atoms with E-state index in [2.05, 4.69) is 10.0 Å². The van der Waals surface area contributed by atoms with Crippen molar-refractivity contribution in [3.63, 3.8) is 0 Å². The Morgan fingerprint density at radius 2 is 1.52 bits per heavy atom.